The summed E-state index contributed by atoms with van der Waals surface area (Å²) in [5.74, 6) is -2.65. The quantitative estimate of drug-likeness (QED) is 0.367. The Balaban J connectivity index is 1.87. The first kappa shape index (κ1) is 28.4. The summed E-state index contributed by atoms with van der Waals surface area (Å²) in [4.78, 5) is 53.7. The summed E-state index contributed by atoms with van der Waals surface area (Å²) in [6.45, 7) is 7.60. The maximum absolute atomic E-state index is 13.9. The number of amides is 2. The molecule has 1 heterocycles. The van der Waals surface area contributed by atoms with E-state index in [9.17, 15) is 24.3 Å². The molecule has 1 saturated heterocycles. The number of methoxy groups -OCH3 is 1. The van der Waals surface area contributed by atoms with Crippen LogP contribution in [0.1, 0.15) is 63.7 Å². The molecule has 1 saturated carbocycles. The van der Waals surface area contributed by atoms with Crippen LogP contribution in [0.3, 0.4) is 0 Å². The number of carboxylic acid groups (broad SMARTS) is 1. The van der Waals surface area contributed by atoms with Crippen LogP contribution in [0.2, 0.25) is 0 Å². The molecule has 0 radical (unpaired) electrons. The molecule has 0 aromatic heterocycles. The second kappa shape index (κ2) is 11.9. The van der Waals surface area contributed by atoms with E-state index >= 15 is 0 Å². The molecule has 1 aromatic carbocycles. The van der Waals surface area contributed by atoms with Crippen molar-refractivity contribution in [3.05, 3.63) is 23.8 Å². The van der Waals surface area contributed by atoms with Crippen molar-refractivity contribution in [3.63, 3.8) is 0 Å². The van der Waals surface area contributed by atoms with Gasteiger partial charge in [-0.05, 0) is 59.1 Å². The zero-order chi connectivity index (χ0) is 27.3. The van der Waals surface area contributed by atoms with Gasteiger partial charge in [-0.1, -0.05) is 0 Å². The van der Waals surface area contributed by atoms with Gasteiger partial charge in [-0.15, -0.1) is 0 Å². The van der Waals surface area contributed by atoms with E-state index < -0.39 is 29.5 Å². The van der Waals surface area contributed by atoms with E-state index in [1.807, 2.05) is 0 Å². The molecule has 37 heavy (non-hydrogen) atoms. The standard InChI is InChI=1S/C27H38N2O8/c1-17(30)22-10-9-21(14-23(22)36-12-6-11-35-5)29(20-7-8-20)24(31)18-13-19(25(32)33)16-28(15-18)26(34)37-27(2,3)4/h9-10,14,18-20H,6-8,11-13,15-16H2,1-5H3,(H,32,33)/t18-,19+/m1/s1. The van der Waals surface area contributed by atoms with Crippen LogP contribution in [0.5, 0.6) is 5.75 Å². The third-order valence-electron chi connectivity index (χ3n) is 6.32. The number of aliphatic carboxylic acids is 1. The zero-order valence-electron chi connectivity index (χ0n) is 22.3. The zero-order valence-corrected chi connectivity index (χ0v) is 22.3. The number of carbonyl (C=O) groups is 4. The van der Waals surface area contributed by atoms with Crippen molar-refractivity contribution in [1.29, 1.82) is 0 Å². The average Bonchev–Trinajstić information content (AvgIpc) is 3.65. The van der Waals surface area contributed by atoms with E-state index in [0.717, 1.165) is 12.8 Å². The van der Waals surface area contributed by atoms with Crippen LogP contribution in [0.4, 0.5) is 10.5 Å². The summed E-state index contributed by atoms with van der Waals surface area (Å²) >= 11 is 0. The molecule has 2 aliphatic rings. The monoisotopic (exact) mass is 518 g/mol. The third-order valence-corrected chi connectivity index (χ3v) is 6.32. The minimum absolute atomic E-state index is 0.00970. The smallest absolute Gasteiger partial charge is 0.410 e. The third kappa shape index (κ3) is 7.67. The molecule has 2 atom stereocenters. The number of piperidine rings is 1. The number of rotatable bonds is 10. The number of hydrogen-bond donors (Lipinski definition) is 1. The molecule has 0 unspecified atom stereocenters. The number of anilines is 1. The highest BCUT2D eigenvalue weighted by atomic mass is 16.6. The molecular weight excluding hydrogens is 480 g/mol. The fourth-order valence-electron chi connectivity index (χ4n) is 4.44. The molecule has 2 amide bonds. The van der Waals surface area contributed by atoms with Gasteiger partial charge < -0.3 is 29.1 Å². The van der Waals surface area contributed by atoms with Crippen molar-refractivity contribution in [2.45, 2.75) is 65.0 Å². The lowest BCUT2D eigenvalue weighted by molar-refractivity contribution is -0.144. The Morgan fingerprint density at radius 1 is 1.08 bits per heavy atom. The van der Waals surface area contributed by atoms with E-state index in [-0.39, 0.29) is 37.2 Å². The number of ether oxygens (including phenoxy) is 3. The van der Waals surface area contributed by atoms with Gasteiger partial charge in [0, 0.05) is 51.0 Å². The molecule has 3 rings (SSSR count). The van der Waals surface area contributed by atoms with Crippen LogP contribution in [0.15, 0.2) is 18.2 Å². The lowest BCUT2D eigenvalue weighted by Crippen LogP contribution is -2.52. The van der Waals surface area contributed by atoms with E-state index in [0.29, 0.717) is 36.6 Å². The van der Waals surface area contributed by atoms with Crippen LogP contribution < -0.4 is 9.64 Å². The van der Waals surface area contributed by atoms with Gasteiger partial charge in [0.25, 0.3) is 0 Å². The lowest BCUT2D eigenvalue weighted by atomic mass is 9.88. The molecule has 1 aliphatic carbocycles. The highest BCUT2D eigenvalue weighted by Crippen LogP contribution is 2.37. The minimum Gasteiger partial charge on any atom is -0.493 e. The number of ketones is 1. The van der Waals surface area contributed by atoms with Gasteiger partial charge in [0.05, 0.1) is 24.0 Å². The van der Waals surface area contributed by atoms with Crippen molar-refractivity contribution in [1.82, 2.24) is 4.90 Å². The van der Waals surface area contributed by atoms with Gasteiger partial charge in [0.15, 0.2) is 5.78 Å². The number of carbonyl (C=O) groups excluding carboxylic acids is 3. The summed E-state index contributed by atoms with van der Waals surface area (Å²) in [7, 11) is 1.60. The lowest BCUT2D eigenvalue weighted by Gasteiger charge is -2.38. The topological polar surface area (TPSA) is 123 Å². The van der Waals surface area contributed by atoms with Crippen molar-refractivity contribution < 1.29 is 38.5 Å². The van der Waals surface area contributed by atoms with Gasteiger partial charge in [-0.2, -0.15) is 0 Å². The number of carboxylic acids is 1. The van der Waals surface area contributed by atoms with Gasteiger partial charge >= 0.3 is 12.1 Å². The summed E-state index contributed by atoms with van der Waals surface area (Å²) in [6.07, 6.45) is 1.77. The summed E-state index contributed by atoms with van der Waals surface area (Å²) in [5.41, 5.74) is 0.259. The van der Waals surface area contributed by atoms with Gasteiger partial charge in [0.1, 0.15) is 11.4 Å². The molecule has 204 valence electrons. The van der Waals surface area contributed by atoms with E-state index in [1.54, 1.807) is 51.0 Å². The first-order chi connectivity index (χ1) is 17.4. The maximum atomic E-state index is 13.9. The second-order valence-corrected chi connectivity index (χ2v) is 10.7. The van der Waals surface area contributed by atoms with E-state index in [1.165, 1.54) is 11.8 Å². The van der Waals surface area contributed by atoms with Gasteiger partial charge in [-0.25, -0.2) is 4.79 Å². The molecule has 0 bridgehead atoms. The SMILES string of the molecule is COCCCOc1cc(N(C(=O)[C@@H]2C[C@H](C(=O)O)CN(C(=O)OC(C)(C)C)C2)C2CC2)ccc1C(C)=O. The highest BCUT2D eigenvalue weighted by molar-refractivity contribution is 6.00. The van der Waals surface area contributed by atoms with Gasteiger partial charge in [0.2, 0.25) is 5.91 Å². The maximum Gasteiger partial charge on any atom is 0.410 e. The summed E-state index contributed by atoms with van der Waals surface area (Å²) < 4.78 is 16.4. The van der Waals surface area contributed by atoms with Crippen molar-refractivity contribution in [3.8, 4) is 5.75 Å². The molecule has 0 spiro atoms. The average molecular weight is 519 g/mol. The molecule has 1 N–H and O–H groups in total. The Kier molecular flexibility index (Phi) is 9.17. The molecule has 2 fully saturated rings. The molecular formula is C27H38N2O8. The Hall–Kier alpha value is -3.14. The number of nitrogens with zero attached hydrogens (tertiary/aromatic N) is 2. The van der Waals surface area contributed by atoms with Crippen LogP contribution in [-0.4, -0.2) is 78.8 Å². The minimum atomic E-state index is -1.05. The largest absolute Gasteiger partial charge is 0.493 e. The van der Waals surface area contributed by atoms with Crippen molar-refractivity contribution >= 4 is 29.4 Å². The second-order valence-electron chi connectivity index (χ2n) is 10.7. The van der Waals surface area contributed by atoms with Crippen molar-refractivity contribution in [2.24, 2.45) is 11.8 Å². The normalized spacial score (nSPS) is 19.8. The van der Waals surface area contributed by atoms with Crippen molar-refractivity contribution in [2.75, 3.05) is 38.3 Å². The fourth-order valence-corrected chi connectivity index (χ4v) is 4.44. The molecule has 1 aliphatic heterocycles. The molecule has 10 heteroatoms. The highest BCUT2D eigenvalue weighted by Gasteiger charge is 2.43. The molecule has 10 nitrogen and oxygen atoms in total. The van der Waals surface area contributed by atoms with Crippen LogP contribution >= 0.6 is 0 Å². The Bertz CT molecular complexity index is 1010. The van der Waals surface area contributed by atoms with Gasteiger partial charge in [-0.3, -0.25) is 14.4 Å². The summed E-state index contributed by atoms with van der Waals surface area (Å²) in [5, 5.41) is 9.73. The fraction of sp³-hybridized carbons (Fsp3) is 0.630. The Morgan fingerprint density at radius 2 is 1.76 bits per heavy atom. The number of likely N-dealkylation sites (tertiary alicyclic amines) is 1. The summed E-state index contributed by atoms with van der Waals surface area (Å²) in [6, 6.07) is 5.04. The Morgan fingerprint density at radius 3 is 2.32 bits per heavy atom. The first-order valence-electron chi connectivity index (χ1n) is 12.7. The number of benzene rings is 1. The molecule has 1 aromatic rings. The van der Waals surface area contributed by atoms with Crippen LogP contribution in [-0.2, 0) is 19.1 Å². The van der Waals surface area contributed by atoms with E-state index in [2.05, 4.69) is 0 Å². The number of hydrogen-bond acceptors (Lipinski definition) is 7. The number of Topliss-reactive ketones (excluding diaryl/α,β-unsaturated/α-hetero) is 1. The van der Waals surface area contributed by atoms with Crippen LogP contribution in [0.25, 0.3) is 0 Å². The van der Waals surface area contributed by atoms with E-state index in [4.69, 9.17) is 14.2 Å². The van der Waals surface area contributed by atoms with Crippen LogP contribution in [0, 0.1) is 11.8 Å². The predicted octanol–water partition coefficient (Wildman–Crippen LogP) is 3.76. The predicted molar refractivity (Wildman–Crippen MR) is 136 cm³/mol. The Labute approximate surface area is 217 Å². The first-order valence-corrected chi connectivity index (χ1v) is 12.7.